The molecule has 0 atom stereocenters. The Bertz CT molecular complexity index is 497. The van der Waals surface area contributed by atoms with Crippen molar-refractivity contribution in [2.75, 3.05) is 45.9 Å². The first-order valence-electron chi connectivity index (χ1n) is 8.48. The maximum atomic E-state index is 12.5. The first kappa shape index (κ1) is 16.4. The van der Waals surface area contributed by atoms with Gasteiger partial charge in [0.2, 0.25) is 5.91 Å². The van der Waals surface area contributed by atoms with Crippen molar-refractivity contribution in [3.05, 3.63) is 30.1 Å². The van der Waals surface area contributed by atoms with Crippen LogP contribution in [-0.2, 0) is 16.0 Å². The monoisotopic (exact) mass is 318 g/mol. The van der Waals surface area contributed by atoms with E-state index in [1.54, 1.807) is 0 Å². The highest BCUT2D eigenvalue weighted by molar-refractivity contribution is 5.79. The lowest BCUT2D eigenvalue weighted by Crippen LogP contribution is -2.58. The van der Waals surface area contributed by atoms with Crippen molar-refractivity contribution in [1.29, 1.82) is 0 Å². The predicted molar refractivity (Wildman–Crippen MR) is 88.2 cm³/mol. The number of carbonyl (C=O) groups excluding carboxylic acids is 1. The second-order valence-corrected chi connectivity index (χ2v) is 6.46. The maximum absolute atomic E-state index is 12.5. The molecular formula is C17H26N4O2. The minimum atomic E-state index is -0.178. The SMILES string of the molecule is O=C(CN1CCOCC1)NC1(Cc2ccccn2)CCNCC1. The third kappa shape index (κ3) is 4.73. The van der Waals surface area contributed by atoms with Gasteiger partial charge in [0.05, 0.1) is 19.8 Å². The Kier molecular flexibility index (Phi) is 5.59. The molecule has 3 rings (SSSR count). The van der Waals surface area contributed by atoms with Gasteiger partial charge in [0.1, 0.15) is 0 Å². The minimum absolute atomic E-state index is 0.115. The number of hydrogen-bond acceptors (Lipinski definition) is 5. The van der Waals surface area contributed by atoms with Crippen molar-refractivity contribution in [1.82, 2.24) is 20.5 Å². The van der Waals surface area contributed by atoms with Gasteiger partial charge in [0.25, 0.3) is 0 Å². The van der Waals surface area contributed by atoms with E-state index >= 15 is 0 Å². The molecule has 0 spiro atoms. The first-order chi connectivity index (χ1) is 11.3. The molecule has 6 nitrogen and oxygen atoms in total. The molecule has 23 heavy (non-hydrogen) atoms. The Labute approximate surface area is 137 Å². The highest BCUT2D eigenvalue weighted by atomic mass is 16.5. The van der Waals surface area contributed by atoms with Crippen LogP contribution in [0.3, 0.4) is 0 Å². The zero-order valence-electron chi connectivity index (χ0n) is 13.6. The van der Waals surface area contributed by atoms with Crippen LogP contribution in [0.5, 0.6) is 0 Å². The van der Waals surface area contributed by atoms with Gasteiger partial charge in [0, 0.05) is 36.9 Å². The Balaban J connectivity index is 1.62. The van der Waals surface area contributed by atoms with Gasteiger partial charge in [-0.05, 0) is 38.1 Å². The van der Waals surface area contributed by atoms with E-state index in [-0.39, 0.29) is 11.4 Å². The molecule has 2 aliphatic rings. The summed E-state index contributed by atoms with van der Waals surface area (Å²) < 4.78 is 5.34. The molecule has 1 aromatic heterocycles. The fourth-order valence-electron chi connectivity index (χ4n) is 3.40. The number of carbonyl (C=O) groups is 1. The second-order valence-electron chi connectivity index (χ2n) is 6.46. The number of hydrogen-bond donors (Lipinski definition) is 2. The molecule has 1 aromatic rings. The summed E-state index contributed by atoms with van der Waals surface area (Å²) in [4.78, 5) is 19.1. The number of morpholine rings is 1. The molecule has 6 heteroatoms. The van der Waals surface area contributed by atoms with Crippen molar-refractivity contribution >= 4 is 5.91 Å². The number of aromatic nitrogens is 1. The van der Waals surface area contributed by atoms with Crippen LogP contribution in [0.15, 0.2) is 24.4 Å². The summed E-state index contributed by atoms with van der Waals surface area (Å²) in [5.41, 5.74) is 0.865. The van der Waals surface area contributed by atoms with E-state index in [1.807, 2.05) is 24.4 Å². The lowest BCUT2D eigenvalue weighted by Gasteiger charge is -2.39. The fraction of sp³-hybridized carbons (Fsp3) is 0.647. The van der Waals surface area contributed by atoms with Crippen LogP contribution in [0.4, 0.5) is 0 Å². The van der Waals surface area contributed by atoms with Gasteiger partial charge in [-0.3, -0.25) is 14.7 Å². The number of nitrogens with zero attached hydrogens (tertiary/aromatic N) is 2. The van der Waals surface area contributed by atoms with Gasteiger partial charge in [-0.15, -0.1) is 0 Å². The zero-order chi connectivity index (χ0) is 16.0. The molecule has 1 amide bonds. The van der Waals surface area contributed by atoms with Crippen molar-refractivity contribution in [3.8, 4) is 0 Å². The summed E-state index contributed by atoms with van der Waals surface area (Å²) in [6.07, 6.45) is 4.50. The molecule has 2 fully saturated rings. The number of piperidine rings is 1. The lowest BCUT2D eigenvalue weighted by molar-refractivity contribution is -0.125. The lowest BCUT2D eigenvalue weighted by atomic mass is 9.83. The van der Waals surface area contributed by atoms with Gasteiger partial charge in [0.15, 0.2) is 0 Å². The molecular weight excluding hydrogens is 292 g/mol. The fourth-order valence-corrected chi connectivity index (χ4v) is 3.40. The highest BCUT2D eigenvalue weighted by Gasteiger charge is 2.34. The predicted octanol–water partition coefficient (Wildman–Crippen LogP) is 0.195. The molecule has 2 aliphatic heterocycles. The van der Waals surface area contributed by atoms with E-state index < -0.39 is 0 Å². The molecule has 3 heterocycles. The van der Waals surface area contributed by atoms with E-state index in [1.165, 1.54) is 0 Å². The van der Waals surface area contributed by atoms with E-state index in [4.69, 9.17) is 4.74 Å². The van der Waals surface area contributed by atoms with Crippen molar-refractivity contribution in [2.45, 2.75) is 24.8 Å². The van der Waals surface area contributed by atoms with Crippen molar-refractivity contribution < 1.29 is 9.53 Å². The minimum Gasteiger partial charge on any atom is -0.379 e. The Morgan fingerprint density at radius 1 is 1.30 bits per heavy atom. The highest BCUT2D eigenvalue weighted by Crippen LogP contribution is 2.23. The summed E-state index contributed by atoms with van der Waals surface area (Å²) in [5.74, 6) is 0.115. The number of ether oxygens (including phenoxy) is 1. The summed E-state index contributed by atoms with van der Waals surface area (Å²) in [6.45, 7) is 5.44. The molecule has 0 aromatic carbocycles. The van der Waals surface area contributed by atoms with Crippen LogP contribution in [0.25, 0.3) is 0 Å². The van der Waals surface area contributed by atoms with E-state index in [0.717, 1.165) is 64.3 Å². The van der Waals surface area contributed by atoms with Gasteiger partial charge >= 0.3 is 0 Å². The smallest absolute Gasteiger partial charge is 0.234 e. The first-order valence-corrected chi connectivity index (χ1v) is 8.48. The van der Waals surface area contributed by atoms with Crippen LogP contribution < -0.4 is 10.6 Å². The van der Waals surface area contributed by atoms with Crippen LogP contribution in [-0.4, -0.2) is 67.3 Å². The molecule has 0 aliphatic carbocycles. The van der Waals surface area contributed by atoms with Gasteiger partial charge in [-0.2, -0.15) is 0 Å². The number of nitrogens with one attached hydrogen (secondary N) is 2. The number of pyridine rings is 1. The summed E-state index contributed by atoms with van der Waals surface area (Å²) >= 11 is 0. The largest absolute Gasteiger partial charge is 0.379 e. The van der Waals surface area contributed by atoms with Crippen molar-refractivity contribution in [2.24, 2.45) is 0 Å². The molecule has 0 unspecified atom stereocenters. The Morgan fingerprint density at radius 2 is 2.09 bits per heavy atom. The van der Waals surface area contributed by atoms with Crippen LogP contribution in [0, 0.1) is 0 Å². The molecule has 0 radical (unpaired) electrons. The summed E-state index contributed by atoms with van der Waals surface area (Å²) in [7, 11) is 0. The Morgan fingerprint density at radius 3 is 2.78 bits per heavy atom. The average molecular weight is 318 g/mol. The molecule has 2 N–H and O–H groups in total. The van der Waals surface area contributed by atoms with E-state index in [9.17, 15) is 4.79 Å². The quantitative estimate of drug-likeness (QED) is 0.812. The van der Waals surface area contributed by atoms with E-state index in [0.29, 0.717) is 6.54 Å². The molecule has 2 saturated heterocycles. The van der Waals surface area contributed by atoms with Crippen LogP contribution in [0.1, 0.15) is 18.5 Å². The standard InChI is InChI=1S/C17H26N4O2/c22-16(14-21-9-11-23-12-10-21)20-17(4-7-18-8-5-17)13-15-3-1-2-6-19-15/h1-3,6,18H,4-5,7-14H2,(H,20,22). The van der Waals surface area contributed by atoms with Gasteiger partial charge < -0.3 is 15.4 Å². The van der Waals surface area contributed by atoms with Crippen LogP contribution in [0.2, 0.25) is 0 Å². The Hall–Kier alpha value is -1.50. The summed E-state index contributed by atoms with van der Waals surface area (Å²) in [6, 6.07) is 5.97. The molecule has 0 bridgehead atoms. The average Bonchev–Trinajstić information content (AvgIpc) is 2.57. The van der Waals surface area contributed by atoms with E-state index in [2.05, 4.69) is 20.5 Å². The van der Waals surface area contributed by atoms with Gasteiger partial charge in [-0.1, -0.05) is 6.07 Å². The third-order valence-corrected chi connectivity index (χ3v) is 4.68. The van der Waals surface area contributed by atoms with Crippen molar-refractivity contribution in [3.63, 3.8) is 0 Å². The zero-order valence-corrected chi connectivity index (χ0v) is 13.6. The number of amides is 1. The topological polar surface area (TPSA) is 66.5 Å². The van der Waals surface area contributed by atoms with Gasteiger partial charge in [-0.25, -0.2) is 0 Å². The normalized spacial score (nSPS) is 21.7. The maximum Gasteiger partial charge on any atom is 0.234 e. The van der Waals surface area contributed by atoms with Crippen LogP contribution >= 0.6 is 0 Å². The second kappa shape index (κ2) is 7.86. The summed E-state index contributed by atoms with van der Waals surface area (Å²) in [5, 5.41) is 6.71. The molecule has 0 saturated carbocycles. The number of rotatable bonds is 5. The third-order valence-electron chi connectivity index (χ3n) is 4.68. The molecule has 126 valence electrons.